The Kier molecular flexibility index (Phi) is 8.05. The van der Waals surface area contributed by atoms with Crippen molar-refractivity contribution < 1.29 is 10.2 Å². The molecule has 0 amide bonds. The van der Waals surface area contributed by atoms with Crippen molar-refractivity contribution in [2.75, 3.05) is 14.1 Å². The van der Waals surface area contributed by atoms with Gasteiger partial charge in [0.05, 0.1) is 10.0 Å². The van der Waals surface area contributed by atoms with Crippen molar-refractivity contribution in [3.63, 3.8) is 0 Å². The first-order valence-electron chi connectivity index (χ1n) is 9.91. The van der Waals surface area contributed by atoms with E-state index in [1.807, 2.05) is 0 Å². The molecule has 2 aromatic rings. The number of benzene rings is 2. The number of phenolic OH excluding ortho intramolecular Hbond substituents is 2. The van der Waals surface area contributed by atoms with Gasteiger partial charge < -0.3 is 10.2 Å². The Hall–Kier alpha value is -0.880. The first-order valence-corrected chi connectivity index (χ1v) is 11.4. The van der Waals surface area contributed by atoms with E-state index in [0.717, 1.165) is 25.7 Å². The summed E-state index contributed by atoms with van der Waals surface area (Å²) < 4.78 is 0. The van der Waals surface area contributed by atoms with Crippen LogP contribution in [0.2, 0.25) is 20.1 Å². The Morgan fingerprint density at radius 2 is 1.10 bits per heavy atom. The minimum absolute atomic E-state index is 0.0760. The topological polar surface area (TPSA) is 46.9 Å². The van der Waals surface area contributed by atoms with E-state index >= 15 is 0 Å². The summed E-state index contributed by atoms with van der Waals surface area (Å²) in [6.45, 7) is 1.07. The molecule has 0 aromatic heterocycles. The van der Waals surface area contributed by atoms with Gasteiger partial charge in [-0.1, -0.05) is 59.2 Å². The van der Waals surface area contributed by atoms with Gasteiger partial charge in [-0.3, -0.25) is 9.80 Å². The molecule has 1 saturated carbocycles. The van der Waals surface area contributed by atoms with E-state index in [4.69, 9.17) is 46.4 Å². The lowest BCUT2D eigenvalue weighted by molar-refractivity contribution is 0.0685. The molecular formula is C22H26Cl4N2O2. The second-order valence-corrected chi connectivity index (χ2v) is 9.73. The smallest absolute Gasteiger partial charge is 0.138 e. The standard InChI is InChI=1S/C22H26Cl4N2O2/c1-27(11-13-7-15(23)9-17(25)21(13)29)19-5-3-4-6-20(19)28(2)12-14-8-16(24)10-18(26)22(14)30/h7-10,19-20,29-30H,3-6,11-12H2,1-2H3/t19-,20-/m1/s1. The first-order chi connectivity index (χ1) is 14.2. The number of hydrogen-bond acceptors (Lipinski definition) is 4. The minimum Gasteiger partial charge on any atom is -0.506 e. The Bertz CT molecular complexity index is 836. The SMILES string of the molecule is CN(Cc1cc(Cl)cc(Cl)c1O)[C@@H]1CCCC[C@H]1N(C)Cc1cc(Cl)cc(Cl)c1O. The monoisotopic (exact) mass is 490 g/mol. The van der Waals surface area contributed by atoms with Gasteiger partial charge in [-0.25, -0.2) is 0 Å². The molecule has 0 aliphatic heterocycles. The zero-order valence-electron chi connectivity index (χ0n) is 17.0. The van der Waals surface area contributed by atoms with E-state index < -0.39 is 0 Å². The largest absolute Gasteiger partial charge is 0.506 e. The molecule has 0 spiro atoms. The van der Waals surface area contributed by atoms with E-state index in [9.17, 15) is 10.2 Å². The lowest BCUT2D eigenvalue weighted by Gasteiger charge is -2.42. The summed E-state index contributed by atoms with van der Waals surface area (Å²) in [5.41, 5.74) is 1.42. The van der Waals surface area contributed by atoms with Crippen LogP contribution in [-0.4, -0.2) is 46.2 Å². The Morgan fingerprint density at radius 1 is 0.733 bits per heavy atom. The predicted molar refractivity (Wildman–Crippen MR) is 125 cm³/mol. The van der Waals surface area contributed by atoms with Crippen LogP contribution in [0.5, 0.6) is 11.5 Å². The van der Waals surface area contributed by atoms with E-state index in [1.165, 1.54) is 0 Å². The molecule has 164 valence electrons. The number of phenols is 2. The normalized spacial score (nSPS) is 19.6. The summed E-state index contributed by atoms with van der Waals surface area (Å²) in [6, 6.07) is 7.15. The van der Waals surface area contributed by atoms with Crippen LogP contribution in [0.3, 0.4) is 0 Å². The molecule has 0 saturated heterocycles. The van der Waals surface area contributed by atoms with Gasteiger partial charge in [-0.15, -0.1) is 0 Å². The Morgan fingerprint density at radius 3 is 1.47 bits per heavy atom. The number of nitrogens with zero attached hydrogens (tertiary/aromatic N) is 2. The van der Waals surface area contributed by atoms with Crippen LogP contribution in [0.15, 0.2) is 24.3 Å². The highest BCUT2D eigenvalue weighted by molar-refractivity contribution is 6.36. The maximum Gasteiger partial charge on any atom is 0.138 e. The molecule has 0 radical (unpaired) electrons. The molecule has 1 aliphatic rings. The van der Waals surface area contributed by atoms with Crippen molar-refractivity contribution in [3.8, 4) is 11.5 Å². The van der Waals surface area contributed by atoms with Crippen molar-refractivity contribution in [2.24, 2.45) is 0 Å². The fourth-order valence-corrected chi connectivity index (χ4v) is 5.44. The molecule has 8 heteroatoms. The van der Waals surface area contributed by atoms with Gasteiger partial charge in [-0.05, 0) is 51.2 Å². The molecule has 3 rings (SSSR count). The van der Waals surface area contributed by atoms with E-state index in [2.05, 4.69) is 23.9 Å². The quantitative estimate of drug-likeness (QED) is 0.478. The minimum atomic E-state index is 0.0760. The van der Waals surface area contributed by atoms with Gasteiger partial charge in [0.15, 0.2) is 0 Å². The zero-order chi connectivity index (χ0) is 22.0. The van der Waals surface area contributed by atoms with Crippen molar-refractivity contribution in [1.82, 2.24) is 9.80 Å². The lowest BCUT2D eigenvalue weighted by Crippen LogP contribution is -2.50. The Balaban J connectivity index is 1.77. The molecule has 0 unspecified atom stereocenters. The third-order valence-electron chi connectivity index (χ3n) is 5.88. The van der Waals surface area contributed by atoms with Gasteiger partial charge in [0.25, 0.3) is 0 Å². The molecule has 4 nitrogen and oxygen atoms in total. The van der Waals surface area contributed by atoms with Crippen molar-refractivity contribution in [2.45, 2.75) is 50.9 Å². The summed E-state index contributed by atoms with van der Waals surface area (Å²) in [6.07, 6.45) is 4.39. The van der Waals surface area contributed by atoms with Gasteiger partial charge in [0.2, 0.25) is 0 Å². The number of hydrogen-bond donors (Lipinski definition) is 2. The summed E-state index contributed by atoms with van der Waals surface area (Å²) in [5, 5.41) is 22.2. The van der Waals surface area contributed by atoms with Crippen molar-refractivity contribution in [1.29, 1.82) is 0 Å². The van der Waals surface area contributed by atoms with Crippen LogP contribution >= 0.6 is 46.4 Å². The first kappa shape index (κ1) is 23.8. The fraction of sp³-hybridized carbons (Fsp3) is 0.455. The van der Waals surface area contributed by atoms with E-state index in [-0.39, 0.29) is 33.6 Å². The molecule has 1 aliphatic carbocycles. The predicted octanol–water partition coefficient (Wildman–Crippen LogP) is 6.59. The molecule has 30 heavy (non-hydrogen) atoms. The van der Waals surface area contributed by atoms with Crippen LogP contribution in [0, 0.1) is 0 Å². The summed E-state index contributed by atoms with van der Waals surface area (Å²) in [4.78, 5) is 4.49. The third-order valence-corrected chi connectivity index (χ3v) is 6.89. The third kappa shape index (κ3) is 5.48. The average molecular weight is 492 g/mol. The van der Waals surface area contributed by atoms with Crippen LogP contribution in [0.1, 0.15) is 36.8 Å². The van der Waals surface area contributed by atoms with Gasteiger partial charge in [0.1, 0.15) is 11.5 Å². The van der Waals surface area contributed by atoms with Crippen molar-refractivity contribution in [3.05, 3.63) is 55.5 Å². The molecule has 1 fully saturated rings. The van der Waals surface area contributed by atoms with Crippen LogP contribution in [-0.2, 0) is 13.1 Å². The molecule has 2 atom stereocenters. The molecular weight excluding hydrogens is 466 g/mol. The zero-order valence-corrected chi connectivity index (χ0v) is 20.0. The maximum atomic E-state index is 10.3. The maximum absolute atomic E-state index is 10.3. The van der Waals surface area contributed by atoms with E-state index in [0.29, 0.717) is 34.3 Å². The molecule has 2 N–H and O–H groups in total. The number of halogens is 4. The number of likely N-dealkylation sites (N-methyl/N-ethyl adjacent to an activating group) is 2. The summed E-state index contributed by atoms with van der Waals surface area (Å²) in [5.74, 6) is 0.152. The van der Waals surface area contributed by atoms with Crippen LogP contribution < -0.4 is 0 Å². The highest BCUT2D eigenvalue weighted by Gasteiger charge is 2.32. The molecule has 2 aromatic carbocycles. The van der Waals surface area contributed by atoms with Gasteiger partial charge in [-0.2, -0.15) is 0 Å². The van der Waals surface area contributed by atoms with Gasteiger partial charge >= 0.3 is 0 Å². The molecule has 0 heterocycles. The summed E-state index contributed by atoms with van der Waals surface area (Å²) in [7, 11) is 4.11. The number of aromatic hydroxyl groups is 2. The van der Waals surface area contributed by atoms with Crippen LogP contribution in [0.25, 0.3) is 0 Å². The molecule has 0 bridgehead atoms. The van der Waals surface area contributed by atoms with Gasteiger partial charge in [0, 0.05) is 46.3 Å². The van der Waals surface area contributed by atoms with E-state index in [1.54, 1.807) is 24.3 Å². The van der Waals surface area contributed by atoms with Crippen LogP contribution in [0.4, 0.5) is 0 Å². The fourth-order valence-electron chi connectivity index (χ4n) is 4.37. The Labute approximate surface area is 197 Å². The van der Waals surface area contributed by atoms with Crippen molar-refractivity contribution >= 4 is 46.4 Å². The summed E-state index contributed by atoms with van der Waals surface area (Å²) >= 11 is 24.5. The highest BCUT2D eigenvalue weighted by atomic mass is 35.5. The second kappa shape index (κ2) is 10.2. The average Bonchev–Trinajstić information content (AvgIpc) is 2.69. The second-order valence-electron chi connectivity index (χ2n) is 8.04. The lowest BCUT2D eigenvalue weighted by atomic mass is 9.88. The number of rotatable bonds is 6. The highest BCUT2D eigenvalue weighted by Crippen LogP contribution is 2.36.